The standard InChI is InChI=1S/C59H104N7O9P/c1-46(40-64-41-49(60-62-64)23-19-16-12-10-14-18-22-37-74-76(69,70)75-38-35-66(5,6)7)44-73-52(45-71-8)43-65-42-50(61-63-65)24-20-15-11-9-13-17-21-36-72-57(68)30-25-47(2)54-28-29-55-53-27-26-48-39-51(67)31-33-58(48,3)56(53)32-34-59(54,55)4/h26,41-42,46-47,51-56,67H,9-25,27-40,43-45H2,1-8H3. The smallest absolute Gasteiger partial charge is 0.305 e. The predicted molar refractivity (Wildman–Crippen MR) is 296 cm³/mol. The van der Waals surface area contributed by atoms with E-state index in [2.05, 4.69) is 54.4 Å². The van der Waals surface area contributed by atoms with Gasteiger partial charge >= 0.3 is 5.97 Å². The van der Waals surface area contributed by atoms with Crippen LogP contribution in [0.2, 0.25) is 0 Å². The lowest BCUT2D eigenvalue weighted by Crippen LogP contribution is -2.50. The molecule has 434 valence electrons. The van der Waals surface area contributed by atoms with Gasteiger partial charge in [0.05, 0.1) is 71.6 Å². The van der Waals surface area contributed by atoms with Crippen molar-refractivity contribution in [3.8, 4) is 0 Å². The van der Waals surface area contributed by atoms with Gasteiger partial charge in [-0.3, -0.25) is 14.0 Å². The number of aryl methyl sites for hydroxylation is 2. The molecule has 4 aliphatic carbocycles. The normalized spacial score (nSPS) is 26.5. The van der Waals surface area contributed by atoms with Crippen LogP contribution in [0, 0.1) is 46.3 Å². The van der Waals surface area contributed by atoms with E-state index in [1.807, 2.05) is 42.9 Å². The van der Waals surface area contributed by atoms with Crippen molar-refractivity contribution in [3.63, 3.8) is 0 Å². The molecule has 17 heteroatoms. The summed E-state index contributed by atoms with van der Waals surface area (Å²) in [5.41, 5.74) is 4.24. The van der Waals surface area contributed by atoms with Crippen LogP contribution in [0.3, 0.4) is 0 Å². The van der Waals surface area contributed by atoms with Crippen molar-refractivity contribution in [2.75, 3.05) is 67.8 Å². The van der Waals surface area contributed by atoms with Crippen molar-refractivity contribution in [1.29, 1.82) is 0 Å². The molecule has 6 rings (SSSR count). The van der Waals surface area contributed by atoms with E-state index in [4.69, 9.17) is 23.3 Å². The Morgan fingerprint density at radius 2 is 1.39 bits per heavy atom. The zero-order valence-electron chi connectivity index (χ0n) is 48.7. The van der Waals surface area contributed by atoms with E-state index >= 15 is 0 Å². The first-order chi connectivity index (χ1) is 36.4. The van der Waals surface area contributed by atoms with Crippen LogP contribution in [0.1, 0.15) is 193 Å². The largest absolute Gasteiger partial charge is 0.756 e. The third-order valence-corrected chi connectivity index (χ3v) is 19.3. The van der Waals surface area contributed by atoms with Crippen LogP contribution in [0.4, 0.5) is 0 Å². The molecule has 76 heavy (non-hydrogen) atoms. The quantitative estimate of drug-likeness (QED) is 0.0220. The summed E-state index contributed by atoms with van der Waals surface area (Å²) in [6, 6.07) is 0. The average Bonchev–Trinajstić information content (AvgIpc) is 4.12. The maximum atomic E-state index is 12.8. The van der Waals surface area contributed by atoms with Crippen LogP contribution in [-0.4, -0.2) is 126 Å². The van der Waals surface area contributed by atoms with E-state index in [0.29, 0.717) is 67.5 Å². The summed E-state index contributed by atoms with van der Waals surface area (Å²) in [5.74, 6) is 3.79. The number of esters is 1. The number of hydrogen-bond acceptors (Lipinski definition) is 13. The molecule has 0 spiro atoms. The molecule has 0 aromatic carbocycles. The molecule has 0 radical (unpaired) electrons. The highest BCUT2D eigenvalue weighted by Gasteiger charge is 2.59. The van der Waals surface area contributed by atoms with Gasteiger partial charge in [-0.05, 0) is 143 Å². The molecule has 0 saturated heterocycles. The van der Waals surface area contributed by atoms with E-state index in [9.17, 15) is 19.4 Å². The topological polar surface area (TPSA) is 185 Å². The molecule has 0 amide bonds. The Labute approximate surface area is 458 Å². The molecule has 2 aromatic rings. The van der Waals surface area contributed by atoms with Crippen LogP contribution in [0.5, 0.6) is 0 Å². The summed E-state index contributed by atoms with van der Waals surface area (Å²) in [5, 5.41) is 28.0. The van der Waals surface area contributed by atoms with E-state index in [1.54, 1.807) is 12.7 Å². The van der Waals surface area contributed by atoms with Crippen LogP contribution in [-0.2, 0) is 58.5 Å². The molecule has 2 aromatic heterocycles. The molecule has 2 heterocycles. The average molecular weight is 1090 g/mol. The van der Waals surface area contributed by atoms with Gasteiger partial charge in [-0.1, -0.05) is 114 Å². The number of ether oxygens (including phenoxy) is 3. The number of phosphoric ester groups is 1. The third kappa shape index (κ3) is 19.9. The van der Waals surface area contributed by atoms with E-state index in [0.717, 1.165) is 138 Å². The fraction of sp³-hybridized carbons (Fsp3) is 0.881. The highest BCUT2D eigenvalue weighted by molar-refractivity contribution is 7.45. The zero-order chi connectivity index (χ0) is 54.6. The second kappa shape index (κ2) is 30.9. The number of likely N-dealkylation sites (N-methyl/N-ethyl adjacent to an activating group) is 1. The summed E-state index contributed by atoms with van der Waals surface area (Å²) in [6.07, 6.45) is 34.1. The van der Waals surface area contributed by atoms with Crippen molar-refractivity contribution >= 4 is 13.8 Å². The third-order valence-electron chi connectivity index (χ3n) is 18.4. The maximum absolute atomic E-state index is 12.8. The number of methoxy groups -OCH3 is 1. The van der Waals surface area contributed by atoms with Gasteiger partial charge in [-0.25, -0.2) is 4.68 Å². The van der Waals surface area contributed by atoms with Gasteiger partial charge in [-0.15, -0.1) is 10.2 Å². The van der Waals surface area contributed by atoms with Crippen molar-refractivity contribution in [1.82, 2.24) is 30.0 Å². The van der Waals surface area contributed by atoms with Gasteiger partial charge in [0.25, 0.3) is 7.82 Å². The molecule has 16 nitrogen and oxygen atoms in total. The number of phosphoric acid groups is 1. The molecular weight excluding hydrogens is 982 g/mol. The fourth-order valence-corrected chi connectivity index (χ4v) is 14.7. The molecule has 4 aliphatic rings. The molecule has 11 unspecified atom stereocenters. The van der Waals surface area contributed by atoms with Crippen molar-refractivity contribution in [2.45, 2.75) is 220 Å². The first-order valence-electron chi connectivity index (χ1n) is 30.2. The van der Waals surface area contributed by atoms with Crippen LogP contribution < -0.4 is 4.89 Å². The number of quaternary nitrogens is 1. The minimum absolute atomic E-state index is 0.0179. The SMILES string of the molecule is COCC(Cn1cc(CCCCCCCCCOC(=O)CCC(C)C2CCC3C4CC=C5CC(O)CCC5(C)C4CCC23C)nn1)OCC(C)Cn1cc(CCCCCCCCCOP(=O)([O-])OCC[N+](C)(C)C)nn1. The lowest BCUT2D eigenvalue weighted by atomic mass is 9.47. The number of nitrogens with zero attached hydrogens (tertiary/aromatic N) is 7. The summed E-state index contributed by atoms with van der Waals surface area (Å²) in [7, 11) is 3.43. The molecular formula is C59H104N7O9P. The summed E-state index contributed by atoms with van der Waals surface area (Å²) >= 11 is 0. The maximum Gasteiger partial charge on any atom is 0.305 e. The number of aliphatic hydroxyl groups excluding tert-OH is 1. The number of fused-ring (bicyclic) bond motifs is 5. The van der Waals surface area contributed by atoms with Gasteiger partial charge < -0.3 is 37.7 Å². The number of unbranched alkanes of at least 4 members (excludes halogenated alkanes) is 12. The van der Waals surface area contributed by atoms with Gasteiger partial charge in [-0.2, -0.15) is 0 Å². The Kier molecular flexibility index (Phi) is 25.4. The Morgan fingerprint density at radius 3 is 2.04 bits per heavy atom. The number of hydrogen-bond donors (Lipinski definition) is 1. The Balaban J connectivity index is 0.735. The van der Waals surface area contributed by atoms with Crippen molar-refractivity contribution < 1.29 is 47.1 Å². The lowest BCUT2D eigenvalue weighted by molar-refractivity contribution is -0.870. The minimum Gasteiger partial charge on any atom is -0.756 e. The summed E-state index contributed by atoms with van der Waals surface area (Å²) in [6.45, 7) is 13.5. The van der Waals surface area contributed by atoms with Gasteiger partial charge in [0.1, 0.15) is 19.3 Å². The predicted octanol–water partition coefficient (Wildman–Crippen LogP) is 10.9. The molecule has 0 bridgehead atoms. The monoisotopic (exact) mass is 1090 g/mol. The van der Waals surface area contributed by atoms with E-state index < -0.39 is 7.82 Å². The Bertz CT molecular complexity index is 2080. The minimum atomic E-state index is -4.22. The number of aliphatic hydroxyl groups is 1. The summed E-state index contributed by atoms with van der Waals surface area (Å²) < 4.78 is 43.9. The lowest BCUT2D eigenvalue weighted by Gasteiger charge is -2.58. The van der Waals surface area contributed by atoms with Gasteiger partial charge in [0, 0.05) is 32.5 Å². The molecule has 11 atom stereocenters. The zero-order valence-corrected chi connectivity index (χ0v) is 49.6. The second-order valence-electron chi connectivity index (χ2n) is 25.6. The molecule has 0 aliphatic heterocycles. The number of aromatic nitrogens is 6. The fourth-order valence-electron chi connectivity index (χ4n) is 14.0. The van der Waals surface area contributed by atoms with Gasteiger partial charge in [0.15, 0.2) is 0 Å². The molecule has 3 saturated carbocycles. The van der Waals surface area contributed by atoms with Crippen LogP contribution >= 0.6 is 7.82 Å². The number of carbonyl (C=O) groups excluding carboxylic acids is 1. The highest BCUT2D eigenvalue weighted by Crippen LogP contribution is 2.67. The number of allylic oxidation sites excluding steroid dienone is 1. The number of carbonyl (C=O) groups is 1. The number of rotatable bonds is 38. The van der Waals surface area contributed by atoms with Crippen molar-refractivity contribution in [3.05, 3.63) is 35.4 Å². The second-order valence-corrected chi connectivity index (χ2v) is 27.0. The Hall–Kier alpha value is -2.56. The first-order valence-corrected chi connectivity index (χ1v) is 31.7. The van der Waals surface area contributed by atoms with Gasteiger partial charge in [0.2, 0.25) is 0 Å². The van der Waals surface area contributed by atoms with E-state index in [-0.39, 0.29) is 42.7 Å². The molecule has 3 fully saturated rings. The first kappa shape index (κ1) is 62.6. The van der Waals surface area contributed by atoms with Crippen molar-refractivity contribution in [2.24, 2.45) is 46.3 Å². The summed E-state index contributed by atoms with van der Waals surface area (Å²) in [4.78, 5) is 24.7. The van der Waals surface area contributed by atoms with E-state index in [1.165, 1.54) is 51.4 Å². The molecule has 1 N–H and O–H groups in total. The van der Waals surface area contributed by atoms with Crippen LogP contribution in [0.15, 0.2) is 24.0 Å². The highest BCUT2D eigenvalue weighted by atomic mass is 31.2. The Morgan fingerprint density at radius 1 is 0.789 bits per heavy atom. The van der Waals surface area contributed by atoms with Crippen LogP contribution in [0.25, 0.3) is 0 Å².